The third-order valence-electron chi connectivity index (χ3n) is 3.52. The van der Waals surface area contributed by atoms with E-state index in [2.05, 4.69) is 20.0 Å². The van der Waals surface area contributed by atoms with Crippen molar-refractivity contribution >= 4 is 39.8 Å². The molecule has 0 fully saturated rings. The molecule has 0 unspecified atom stereocenters. The van der Waals surface area contributed by atoms with Gasteiger partial charge in [0.15, 0.2) is 0 Å². The number of aromatic nitrogens is 1. The monoisotopic (exact) mass is 333 g/mol. The van der Waals surface area contributed by atoms with E-state index in [0.717, 1.165) is 16.9 Å². The molecule has 0 aliphatic heterocycles. The number of hydrogen-bond acceptors (Lipinski definition) is 2. The number of aromatic carboxylic acids is 1. The fourth-order valence-corrected chi connectivity index (χ4v) is 3.63. The van der Waals surface area contributed by atoms with Crippen LogP contribution in [-0.4, -0.2) is 15.6 Å². The third kappa shape index (κ3) is 2.76. The number of carboxylic acid groups (broad SMARTS) is 1. The molecule has 3 aromatic rings. The van der Waals surface area contributed by atoms with E-state index >= 15 is 0 Å². The number of carboxylic acids is 1. The first-order valence-corrected chi connectivity index (χ1v) is 8.28. The number of rotatable bonds is 4. The van der Waals surface area contributed by atoms with Crippen LogP contribution in [0.5, 0.6) is 0 Å². The van der Waals surface area contributed by atoms with E-state index < -0.39 is 5.97 Å². The highest BCUT2D eigenvalue weighted by Crippen LogP contribution is 2.31. The summed E-state index contributed by atoms with van der Waals surface area (Å²) in [6, 6.07) is 9.35. The van der Waals surface area contributed by atoms with Gasteiger partial charge in [-0.2, -0.15) is 0 Å². The zero-order valence-corrected chi connectivity index (χ0v) is 13.9. The number of carbonyl (C=O) groups is 1. The van der Waals surface area contributed by atoms with Crippen LogP contribution in [0.15, 0.2) is 36.5 Å². The van der Waals surface area contributed by atoms with Gasteiger partial charge in [0.2, 0.25) is 0 Å². The fraction of sp³-hybridized carbons (Fsp3) is 0.235. The van der Waals surface area contributed by atoms with Crippen LogP contribution in [0.3, 0.4) is 0 Å². The van der Waals surface area contributed by atoms with Crippen molar-refractivity contribution in [1.82, 2.24) is 4.57 Å². The molecule has 2 heterocycles. The second kappa shape index (κ2) is 5.78. The van der Waals surface area contributed by atoms with Crippen LogP contribution >= 0.6 is 22.9 Å². The summed E-state index contributed by atoms with van der Waals surface area (Å²) in [6.07, 6.45) is 3.07. The number of thiophene rings is 1. The summed E-state index contributed by atoms with van der Waals surface area (Å²) in [6.45, 7) is 4.37. The van der Waals surface area contributed by atoms with Crippen molar-refractivity contribution in [3.8, 4) is 5.00 Å². The lowest BCUT2D eigenvalue weighted by Crippen LogP contribution is -1.92. The van der Waals surface area contributed by atoms with E-state index in [-0.39, 0.29) is 0 Å². The maximum absolute atomic E-state index is 11.1. The van der Waals surface area contributed by atoms with Crippen molar-refractivity contribution in [2.24, 2.45) is 5.92 Å². The molecule has 3 rings (SSSR count). The van der Waals surface area contributed by atoms with E-state index in [1.807, 2.05) is 28.8 Å². The lowest BCUT2D eigenvalue weighted by atomic mass is 10.0. The van der Waals surface area contributed by atoms with Gasteiger partial charge in [-0.05, 0) is 42.2 Å². The molecule has 2 aromatic heterocycles. The van der Waals surface area contributed by atoms with Crippen LogP contribution in [0.25, 0.3) is 15.9 Å². The van der Waals surface area contributed by atoms with Gasteiger partial charge in [0.1, 0.15) is 9.88 Å². The molecule has 5 heteroatoms. The van der Waals surface area contributed by atoms with Crippen LogP contribution in [-0.2, 0) is 6.42 Å². The molecule has 22 heavy (non-hydrogen) atoms. The normalized spacial score (nSPS) is 11.5. The van der Waals surface area contributed by atoms with E-state index in [0.29, 0.717) is 15.8 Å². The van der Waals surface area contributed by atoms with Crippen molar-refractivity contribution in [1.29, 1.82) is 0 Å². The van der Waals surface area contributed by atoms with E-state index in [9.17, 15) is 4.79 Å². The van der Waals surface area contributed by atoms with Crippen molar-refractivity contribution in [3.63, 3.8) is 0 Å². The van der Waals surface area contributed by atoms with Gasteiger partial charge in [-0.1, -0.05) is 31.5 Å². The first-order valence-electron chi connectivity index (χ1n) is 7.08. The van der Waals surface area contributed by atoms with Gasteiger partial charge in [0, 0.05) is 16.6 Å². The highest BCUT2D eigenvalue weighted by Gasteiger charge is 2.14. The Kier molecular flexibility index (Phi) is 3.98. The highest BCUT2D eigenvalue weighted by molar-refractivity contribution is 7.16. The van der Waals surface area contributed by atoms with Crippen molar-refractivity contribution in [2.45, 2.75) is 20.3 Å². The molecule has 0 radical (unpaired) electrons. The van der Waals surface area contributed by atoms with Crippen LogP contribution in [0.2, 0.25) is 5.02 Å². The molecule has 1 aromatic carbocycles. The van der Waals surface area contributed by atoms with Crippen molar-refractivity contribution in [2.75, 3.05) is 0 Å². The maximum atomic E-state index is 11.1. The Morgan fingerprint density at radius 2 is 2.09 bits per heavy atom. The number of fused-ring (bicyclic) bond motifs is 1. The Balaban J connectivity index is 2.19. The molecule has 0 aliphatic carbocycles. The third-order valence-corrected chi connectivity index (χ3v) is 4.83. The molecule has 0 aliphatic rings. The van der Waals surface area contributed by atoms with E-state index in [4.69, 9.17) is 16.7 Å². The smallest absolute Gasteiger partial charge is 0.345 e. The molecule has 0 atom stereocenters. The minimum absolute atomic E-state index is 0.337. The summed E-state index contributed by atoms with van der Waals surface area (Å²) >= 11 is 7.41. The number of nitrogens with zero attached hydrogens (tertiary/aromatic N) is 1. The minimum atomic E-state index is -0.895. The Morgan fingerprint density at radius 3 is 2.73 bits per heavy atom. The Hall–Kier alpha value is -1.78. The summed E-state index contributed by atoms with van der Waals surface area (Å²) in [5, 5.41) is 11.8. The van der Waals surface area contributed by atoms with Crippen LogP contribution in [0.1, 0.15) is 29.1 Å². The predicted octanol–water partition coefficient (Wildman–Crippen LogP) is 5.24. The minimum Gasteiger partial charge on any atom is -0.477 e. The van der Waals surface area contributed by atoms with E-state index in [1.165, 1.54) is 22.3 Å². The zero-order chi connectivity index (χ0) is 15.9. The summed E-state index contributed by atoms with van der Waals surface area (Å²) in [5.41, 5.74) is 2.27. The zero-order valence-electron chi connectivity index (χ0n) is 12.3. The average molecular weight is 334 g/mol. The van der Waals surface area contributed by atoms with Crippen LogP contribution in [0, 0.1) is 5.92 Å². The average Bonchev–Trinajstić information content (AvgIpc) is 3.03. The topological polar surface area (TPSA) is 42.2 Å². The molecule has 114 valence electrons. The molecule has 0 saturated carbocycles. The molecule has 0 spiro atoms. The number of hydrogen-bond donors (Lipinski definition) is 1. The van der Waals surface area contributed by atoms with Crippen molar-refractivity contribution in [3.05, 3.63) is 52.0 Å². The highest BCUT2D eigenvalue weighted by atomic mass is 35.5. The summed E-state index contributed by atoms with van der Waals surface area (Å²) in [5.74, 6) is -0.346. The van der Waals surface area contributed by atoms with Gasteiger partial charge in [-0.15, -0.1) is 11.3 Å². The standard InChI is InChI=1S/C17H16ClNO2S/c1-10(2)7-11-9-19(14-8-12(18)3-4-13(11)14)16-6-5-15(22-16)17(20)21/h3-6,8-10H,7H2,1-2H3,(H,20,21). The first kappa shape index (κ1) is 15.1. The van der Waals surface area contributed by atoms with Gasteiger partial charge in [0.25, 0.3) is 0 Å². The molecule has 0 bridgehead atoms. The quantitative estimate of drug-likeness (QED) is 0.709. The predicted molar refractivity (Wildman–Crippen MR) is 91.7 cm³/mol. The van der Waals surface area contributed by atoms with Gasteiger partial charge < -0.3 is 9.67 Å². The second-order valence-electron chi connectivity index (χ2n) is 5.73. The van der Waals surface area contributed by atoms with Crippen LogP contribution in [0.4, 0.5) is 0 Å². The molecule has 0 amide bonds. The van der Waals surface area contributed by atoms with Gasteiger partial charge in [0.05, 0.1) is 5.52 Å². The number of halogens is 1. The first-order chi connectivity index (χ1) is 10.5. The summed E-state index contributed by atoms with van der Waals surface area (Å²) in [7, 11) is 0. The SMILES string of the molecule is CC(C)Cc1cn(-c2ccc(C(=O)O)s2)c2cc(Cl)ccc12. The number of benzene rings is 1. The fourth-order valence-electron chi connectivity index (χ4n) is 2.63. The summed E-state index contributed by atoms with van der Waals surface area (Å²) < 4.78 is 2.04. The second-order valence-corrected chi connectivity index (χ2v) is 7.23. The Labute approximate surface area is 137 Å². The van der Waals surface area contributed by atoms with Gasteiger partial charge in [-0.3, -0.25) is 0 Å². The molecule has 1 N–H and O–H groups in total. The van der Waals surface area contributed by atoms with Gasteiger partial charge >= 0.3 is 5.97 Å². The molecule has 3 nitrogen and oxygen atoms in total. The Morgan fingerprint density at radius 1 is 1.32 bits per heavy atom. The lowest BCUT2D eigenvalue weighted by molar-refractivity contribution is 0.0702. The molecule has 0 saturated heterocycles. The van der Waals surface area contributed by atoms with Crippen molar-refractivity contribution < 1.29 is 9.90 Å². The summed E-state index contributed by atoms with van der Waals surface area (Å²) in [4.78, 5) is 11.4. The van der Waals surface area contributed by atoms with Gasteiger partial charge in [-0.25, -0.2) is 4.79 Å². The van der Waals surface area contributed by atoms with Crippen LogP contribution < -0.4 is 0 Å². The molecular formula is C17H16ClNO2S. The largest absolute Gasteiger partial charge is 0.477 e. The lowest BCUT2D eigenvalue weighted by Gasteiger charge is -2.02. The van der Waals surface area contributed by atoms with E-state index in [1.54, 1.807) is 6.07 Å². The Bertz CT molecular complexity index is 848. The molecular weight excluding hydrogens is 318 g/mol. The maximum Gasteiger partial charge on any atom is 0.345 e.